The van der Waals surface area contributed by atoms with Crippen LogP contribution in [0.5, 0.6) is 0 Å². The van der Waals surface area contributed by atoms with Gasteiger partial charge in [-0.25, -0.2) is 0 Å². The van der Waals surface area contributed by atoms with Gasteiger partial charge in [0.1, 0.15) is 0 Å². The molecule has 1 atom stereocenters. The first-order chi connectivity index (χ1) is 8.80. The Balaban J connectivity index is 2.87. The van der Waals surface area contributed by atoms with Gasteiger partial charge in [-0.2, -0.15) is 13.2 Å². The summed E-state index contributed by atoms with van der Waals surface area (Å²) in [4.78, 5) is 0. The molecule has 0 aliphatic carbocycles. The molecular weight excluding hydrogens is 253 g/mol. The van der Waals surface area contributed by atoms with Crippen LogP contribution in [0.15, 0.2) is 24.3 Å². The van der Waals surface area contributed by atoms with Crippen LogP contribution in [-0.4, -0.2) is 13.3 Å². The molecule has 0 heterocycles. The average Bonchev–Trinajstić information content (AvgIpc) is 2.35. The van der Waals surface area contributed by atoms with Crippen molar-refractivity contribution in [2.24, 2.45) is 0 Å². The lowest BCUT2D eigenvalue weighted by atomic mass is 9.90. The van der Waals surface area contributed by atoms with E-state index < -0.39 is 18.2 Å². The standard InChI is InChI=1S/C15H21F3O/c1-4-5-6-12-7-9-13(10-8-12)14(2,19-3)11-15(16,17)18/h7-10H,4-6,11H2,1-3H3. The second kappa shape index (κ2) is 6.42. The molecule has 0 fully saturated rings. The summed E-state index contributed by atoms with van der Waals surface area (Å²) in [5, 5.41) is 0. The van der Waals surface area contributed by atoms with Crippen LogP contribution in [-0.2, 0) is 16.8 Å². The Kier molecular flexibility index (Phi) is 5.41. The van der Waals surface area contributed by atoms with E-state index in [2.05, 4.69) is 6.92 Å². The van der Waals surface area contributed by atoms with E-state index in [9.17, 15) is 13.2 Å². The number of halogens is 3. The number of hydrogen-bond acceptors (Lipinski definition) is 1. The van der Waals surface area contributed by atoms with Crippen molar-refractivity contribution in [1.82, 2.24) is 0 Å². The molecule has 1 aromatic carbocycles. The zero-order chi connectivity index (χ0) is 14.5. The summed E-state index contributed by atoms with van der Waals surface area (Å²) in [5.41, 5.74) is 0.394. The van der Waals surface area contributed by atoms with Crippen LogP contribution in [0.3, 0.4) is 0 Å². The van der Waals surface area contributed by atoms with Gasteiger partial charge in [-0.1, -0.05) is 37.6 Å². The molecule has 0 amide bonds. The molecule has 1 rings (SSSR count). The van der Waals surface area contributed by atoms with Crippen molar-refractivity contribution >= 4 is 0 Å². The third-order valence-corrected chi connectivity index (χ3v) is 3.37. The Bertz CT molecular complexity index is 383. The van der Waals surface area contributed by atoms with Crippen LogP contribution in [0.2, 0.25) is 0 Å². The number of alkyl halides is 3. The van der Waals surface area contributed by atoms with Crippen molar-refractivity contribution in [3.05, 3.63) is 35.4 Å². The van der Waals surface area contributed by atoms with Gasteiger partial charge < -0.3 is 4.74 Å². The molecule has 0 saturated heterocycles. The van der Waals surface area contributed by atoms with Crippen LogP contribution in [0.1, 0.15) is 44.2 Å². The summed E-state index contributed by atoms with van der Waals surface area (Å²) >= 11 is 0. The predicted molar refractivity (Wildman–Crippen MR) is 70.1 cm³/mol. The monoisotopic (exact) mass is 274 g/mol. The number of methoxy groups -OCH3 is 1. The molecule has 0 bridgehead atoms. The van der Waals surface area contributed by atoms with Gasteiger partial charge in [-0.3, -0.25) is 0 Å². The fourth-order valence-electron chi connectivity index (χ4n) is 2.08. The number of ether oxygens (including phenoxy) is 1. The minimum Gasteiger partial charge on any atom is -0.373 e. The van der Waals surface area contributed by atoms with Gasteiger partial charge in [0, 0.05) is 7.11 Å². The van der Waals surface area contributed by atoms with E-state index in [4.69, 9.17) is 4.74 Å². The third kappa shape index (κ3) is 4.86. The van der Waals surface area contributed by atoms with E-state index in [-0.39, 0.29) is 0 Å². The lowest BCUT2D eigenvalue weighted by Crippen LogP contribution is -2.31. The highest BCUT2D eigenvalue weighted by Gasteiger charge is 2.40. The molecule has 0 radical (unpaired) electrons. The van der Waals surface area contributed by atoms with Crippen molar-refractivity contribution in [1.29, 1.82) is 0 Å². The molecule has 0 aromatic heterocycles. The van der Waals surface area contributed by atoms with E-state index in [0.29, 0.717) is 5.56 Å². The van der Waals surface area contributed by atoms with Gasteiger partial charge >= 0.3 is 6.18 Å². The Morgan fingerprint density at radius 1 is 1.11 bits per heavy atom. The Morgan fingerprint density at radius 2 is 1.68 bits per heavy atom. The summed E-state index contributed by atoms with van der Waals surface area (Å²) in [6, 6.07) is 7.25. The van der Waals surface area contributed by atoms with Crippen LogP contribution in [0.4, 0.5) is 13.2 Å². The molecule has 19 heavy (non-hydrogen) atoms. The van der Waals surface area contributed by atoms with Crippen molar-refractivity contribution in [3.8, 4) is 0 Å². The summed E-state index contributed by atoms with van der Waals surface area (Å²) in [6.07, 6.45) is -2.08. The maximum atomic E-state index is 12.6. The quantitative estimate of drug-likeness (QED) is 0.721. The van der Waals surface area contributed by atoms with Crippen LogP contribution in [0.25, 0.3) is 0 Å². The molecular formula is C15H21F3O. The Hall–Kier alpha value is -1.03. The minimum atomic E-state index is -4.24. The minimum absolute atomic E-state index is 0.563. The van der Waals surface area contributed by atoms with Crippen molar-refractivity contribution in [3.63, 3.8) is 0 Å². The molecule has 0 aliphatic heterocycles. The summed E-state index contributed by atoms with van der Waals surface area (Å²) in [7, 11) is 1.32. The topological polar surface area (TPSA) is 9.23 Å². The second-order valence-electron chi connectivity index (χ2n) is 5.03. The zero-order valence-corrected chi connectivity index (χ0v) is 11.7. The van der Waals surface area contributed by atoms with Crippen LogP contribution in [0, 0.1) is 0 Å². The van der Waals surface area contributed by atoms with Gasteiger partial charge in [0.05, 0.1) is 12.0 Å². The number of aryl methyl sites for hydroxylation is 1. The summed E-state index contributed by atoms with van der Waals surface area (Å²) < 4.78 is 42.9. The molecule has 1 nitrogen and oxygen atoms in total. The highest BCUT2D eigenvalue weighted by atomic mass is 19.4. The molecule has 1 aromatic rings. The van der Waals surface area contributed by atoms with E-state index in [1.165, 1.54) is 14.0 Å². The zero-order valence-electron chi connectivity index (χ0n) is 11.7. The van der Waals surface area contributed by atoms with Gasteiger partial charge in [-0.15, -0.1) is 0 Å². The molecule has 0 aliphatic rings. The average molecular weight is 274 g/mol. The van der Waals surface area contributed by atoms with E-state index in [1.54, 1.807) is 12.1 Å². The number of benzene rings is 1. The highest BCUT2D eigenvalue weighted by Crippen LogP contribution is 2.37. The van der Waals surface area contributed by atoms with E-state index >= 15 is 0 Å². The van der Waals surface area contributed by atoms with E-state index in [0.717, 1.165) is 24.8 Å². The number of unbranched alkanes of at least 4 members (excludes halogenated alkanes) is 1. The van der Waals surface area contributed by atoms with Gasteiger partial charge in [0.2, 0.25) is 0 Å². The highest BCUT2D eigenvalue weighted by molar-refractivity contribution is 5.27. The molecule has 0 saturated carbocycles. The molecule has 0 spiro atoms. The van der Waals surface area contributed by atoms with Gasteiger partial charge in [-0.05, 0) is 30.9 Å². The fourth-order valence-corrected chi connectivity index (χ4v) is 2.08. The summed E-state index contributed by atoms with van der Waals surface area (Å²) in [6.45, 7) is 3.58. The molecule has 1 unspecified atom stereocenters. The van der Waals surface area contributed by atoms with Gasteiger partial charge in [0.15, 0.2) is 0 Å². The van der Waals surface area contributed by atoms with E-state index in [1.807, 2.05) is 12.1 Å². The number of hydrogen-bond donors (Lipinski definition) is 0. The predicted octanol–water partition coefficient (Wildman–Crippen LogP) is 4.84. The first kappa shape index (κ1) is 16.0. The fraction of sp³-hybridized carbons (Fsp3) is 0.600. The lowest BCUT2D eigenvalue weighted by molar-refractivity contribution is -0.181. The first-order valence-corrected chi connectivity index (χ1v) is 6.52. The number of rotatable bonds is 6. The van der Waals surface area contributed by atoms with Crippen LogP contribution >= 0.6 is 0 Å². The molecule has 4 heteroatoms. The van der Waals surface area contributed by atoms with Gasteiger partial charge in [0.25, 0.3) is 0 Å². The van der Waals surface area contributed by atoms with Crippen molar-refractivity contribution in [2.45, 2.75) is 51.3 Å². The maximum Gasteiger partial charge on any atom is 0.392 e. The molecule has 0 N–H and O–H groups in total. The summed E-state index contributed by atoms with van der Waals surface area (Å²) in [5.74, 6) is 0. The Morgan fingerprint density at radius 3 is 2.11 bits per heavy atom. The third-order valence-electron chi connectivity index (χ3n) is 3.37. The van der Waals surface area contributed by atoms with Crippen molar-refractivity contribution in [2.75, 3.05) is 7.11 Å². The lowest BCUT2D eigenvalue weighted by Gasteiger charge is -2.29. The van der Waals surface area contributed by atoms with Crippen molar-refractivity contribution < 1.29 is 17.9 Å². The smallest absolute Gasteiger partial charge is 0.373 e. The second-order valence-corrected chi connectivity index (χ2v) is 5.03. The Labute approximate surface area is 112 Å². The van der Waals surface area contributed by atoms with Crippen LogP contribution < -0.4 is 0 Å². The normalized spacial score (nSPS) is 15.3. The first-order valence-electron chi connectivity index (χ1n) is 6.52. The molecule has 108 valence electrons. The maximum absolute atomic E-state index is 12.6. The largest absolute Gasteiger partial charge is 0.392 e. The SMILES string of the molecule is CCCCc1ccc(C(C)(CC(F)(F)F)OC)cc1.